The van der Waals surface area contributed by atoms with Crippen LogP contribution in [0.5, 0.6) is 0 Å². The Balaban J connectivity index is 2.39. The quantitative estimate of drug-likeness (QED) is 0.700. The Morgan fingerprint density at radius 3 is 2.29 bits per heavy atom. The molecule has 2 aromatic carbocycles. The summed E-state index contributed by atoms with van der Waals surface area (Å²) in [6.07, 6.45) is 0. The van der Waals surface area contributed by atoms with Crippen molar-refractivity contribution < 1.29 is 14.3 Å². The van der Waals surface area contributed by atoms with Gasteiger partial charge in [0.2, 0.25) is 0 Å². The predicted molar refractivity (Wildman–Crippen MR) is 71.6 cm³/mol. The standard InChI is InChI=1S/C15H9FN2O3/c16-9-5-7-10(8-6-9)18-14(19)12-4-2-1-3-11(12)13(17-18)15(20)21/h1-8H,(H,20,21)/p-1. The van der Waals surface area contributed by atoms with Gasteiger partial charge in [-0.2, -0.15) is 9.78 Å². The summed E-state index contributed by atoms with van der Waals surface area (Å²) in [4.78, 5) is 23.6. The molecule has 5 nitrogen and oxygen atoms in total. The van der Waals surface area contributed by atoms with E-state index in [0.717, 1.165) is 16.8 Å². The van der Waals surface area contributed by atoms with Crippen molar-refractivity contribution in [3.8, 4) is 5.69 Å². The van der Waals surface area contributed by atoms with Gasteiger partial charge in [0.15, 0.2) is 0 Å². The lowest BCUT2D eigenvalue weighted by Gasteiger charge is -2.11. The smallest absolute Gasteiger partial charge is 0.279 e. The van der Waals surface area contributed by atoms with Crippen molar-refractivity contribution in [3.05, 3.63) is 70.4 Å². The molecule has 0 N–H and O–H groups in total. The van der Waals surface area contributed by atoms with Crippen molar-refractivity contribution in [2.24, 2.45) is 0 Å². The van der Waals surface area contributed by atoms with Gasteiger partial charge in [-0.25, -0.2) is 4.39 Å². The zero-order valence-corrected chi connectivity index (χ0v) is 10.6. The Labute approximate surface area is 117 Å². The van der Waals surface area contributed by atoms with Gasteiger partial charge in [0, 0.05) is 5.39 Å². The van der Waals surface area contributed by atoms with E-state index in [2.05, 4.69) is 5.10 Å². The van der Waals surface area contributed by atoms with E-state index in [1.54, 1.807) is 12.1 Å². The van der Waals surface area contributed by atoms with Gasteiger partial charge in [-0.3, -0.25) is 4.79 Å². The van der Waals surface area contributed by atoms with Crippen LogP contribution in [0.1, 0.15) is 10.5 Å². The van der Waals surface area contributed by atoms with Gasteiger partial charge in [0.1, 0.15) is 11.5 Å². The lowest BCUT2D eigenvalue weighted by atomic mass is 10.1. The molecular formula is C15H8FN2O3-. The lowest BCUT2D eigenvalue weighted by molar-refractivity contribution is -0.255. The van der Waals surface area contributed by atoms with Gasteiger partial charge >= 0.3 is 0 Å². The molecule has 3 rings (SSSR count). The molecule has 0 unspecified atom stereocenters. The molecule has 0 aliphatic carbocycles. The third-order valence-corrected chi connectivity index (χ3v) is 3.07. The van der Waals surface area contributed by atoms with E-state index < -0.39 is 17.3 Å². The minimum Gasteiger partial charge on any atom is -0.543 e. The highest BCUT2D eigenvalue weighted by atomic mass is 19.1. The number of rotatable bonds is 2. The number of benzene rings is 2. The summed E-state index contributed by atoms with van der Waals surface area (Å²) in [6, 6.07) is 11.2. The van der Waals surface area contributed by atoms with Crippen molar-refractivity contribution in [2.75, 3.05) is 0 Å². The first-order valence-corrected chi connectivity index (χ1v) is 6.07. The molecule has 0 amide bonds. The molecule has 3 aromatic rings. The van der Waals surface area contributed by atoms with Crippen molar-refractivity contribution >= 4 is 16.7 Å². The van der Waals surface area contributed by atoms with Crippen LogP contribution in [-0.2, 0) is 0 Å². The average molecular weight is 283 g/mol. The first-order chi connectivity index (χ1) is 10.1. The van der Waals surface area contributed by atoms with E-state index in [9.17, 15) is 19.1 Å². The second-order valence-electron chi connectivity index (χ2n) is 4.38. The van der Waals surface area contributed by atoms with Gasteiger partial charge in [-0.15, -0.1) is 0 Å². The van der Waals surface area contributed by atoms with Crippen LogP contribution in [-0.4, -0.2) is 15.7 Å². The second kappa shape index (κ2) is 4.82. The number of aromatic carboxylic acids is 1. The number of nitrogens with zero attached hydrogens (tertiary/aromatic N) is 2. The molecule has 21 heavy (non-hydrogen) atoms. The molecule has 104 valence electrons. The van der Waals surface area contributed by atoms with Crippen molar-refractivity contribution in [2.45, 2.75) is 0 Å². The van der Waals surface area contributed by atoms with Crippen LogP contribution >= 0.6 is 0 Å². The third-order valence-electron chi connectivity index (χ3n) is 3.07. The SMILES string of the molecule is O=C([O-])c1nn(-c2ccc(F)cc2)c(=O)c2ccccc12. The number of carboxylic acids is 1. The number of halogens is 1. The first-order valence-electron chi connectivity index (χ1n) is 6.07. The lowest BCUT2D eigenvalue weighted by Crippen LogP contribution is -2.30. The summed E-state index contributed by atoms with van der Waals surface area (Å²) in [5.41, 5.74) is -0.550. The molecule has 6 heteroatoms. The number of hydrogen-bond acceptors (Lipinski definition) is 4. The van der Waals surface area contributed by atoms with Crippen LogP contribution in [0, 0.1) is 5.82 Å². The van der Waals surface area contributed by atoms with Crippen molar-refractivity contribution in [3.63, 3.8) is 0 Å². The molecule has 0 radical (unpaired) electrons. The van der Waals surface area contributed by atoms with Crippen LogP contribution in [0.15, 0.2) is 53.3 Å². The molecule has 0 saturated carbocycles. The number of carboxylic acid groups (broad SMARTS) is 1. The zero-order valence-electron chi connectivity index (χ0n) is 10.6. The van der Waals surface area contributed by atoms with E-state index in [-0.39, 0.29) is 22.2 Å². The normalized spacial score (nSPS) is 10.7. The van der Waals surface area contributed by atoms with Gasteiger partial charge in [-0.1, -0.05) is 18.2 Å². The van der Waals surface area contributed by atoms with Gasteiger partial charge < -0.3 is 9.90 Å². The van der Waals surface area contributed by atoms with Crippen LogP contribution in [0.4, 0.5) is 4.39 Å². The summed E-state index contributed by atoms with van der Waals surface area (Å²) >= 11 is 0. The van der Waals surface area contributed by atoms with Gasteiger partial charge in [0.05, 0.1) is 17.0 Å². The highest BCUT2D eigenvalue weighted by molar-refractivity contribution is 6.00. The van der Waals surface area contributed by atoms with Crippen molar-refractivity contribution in [1.29, 1.82) is 0 Å². The summed E-state index contributed by atoms with van der Waals surface area (Å²) in [5.74, 6) is -1.95. The first kappa shape index (κ1) is 13.0. The number of aromatic nitrogens is 2. The fraction of sp³-hybridized carbons (Fsp3) is 0. The number of fused-ring (bicyclic) bond motifs is 1. The fourth-order valence-corrected chi connectivity index (χ4v) is 2.10. The van der Waals surface area contributed by atoms with Crippen LogP contribution in [0.3, 0.4) is 0 Å². The highest BCUT2D eigenvalue weighted by Crippen LogP contribution is 2.14. The molecule has 0 fully saturated rings. The van der Waals surface area contributed by atoms with E-state index >= 15 is 0 Å². The summed E-state index contributed by atoms with van der Waals surface area (Å²) in [6.45, 7) is 0. The number of hydrogen-bond donors (Lipinski definition) is 0. The van der Waals surface area contributed by atoms with Gasteiger partial charge in [-0.05, 0) is 30.3 Å². The van der Waals surface area contributed by atoms with E-state index in [4.69, 9.17) is 0 Å². The Kier molecular flexibility index (Phi) is 2.98. The Morgan fingerprint density at radius 1 is 1.05 bits per heavy atom. The molecule has 0 saturated heterocycles. The van der Waals surface area contributed by atoms with Crippen LogP contribution < -0.4 is 10.7 Å². The third kappa shape index (κ3) is 2.16. The Morgan fingerprint density at radius 2 is 1.67 bits per heavy atom. The van der Waals surface area contributed by atoms with Crippen molar-refractivity contribution in [1.82, 2.24) is 9.78 Å². The van der Waals surface area contributed by atoms with Crippen LogP contribution in [0.25, 0.3) is 16.5 Å². The molecule has 0 bridgehead atoms. The zero-order chi connectivity index (χ0) is 15.0. The maximum Gasteiger partial charge on any atom is 0.279 e. The second-order valence-corrected chi connectivity index (χ2v) is 4.38. The minimum atomic E-state index is -1.48. The molecule has 0 spiro atoms. The Hall–Kier alpha value is -3.02. The topological polar surface area (TPSA) is 75.0 Å². The molecule has 1 aromatic heterocycles. The number of carbonyl (C=O) groups is 1. The highest BCUT2D eigenvalue weighted by Gasteiger charge is 2.12. The number of carbonyl (C=O) groups excluding carboxylic acids is 1. The Bertz CT molecular complexity index is 901. The minimum absolute atomic E-state index is 0.205. The fourth-order valence-electron chi connectivity index (χ4n) is 2.10. The predicted octanol–water partition coefficient (Wildman–Crippen LogP) is 0.888. The van der Waals surface area contributed by atoms with Crippen LogP contribution in [0.2, 0.25) is 0 Å². The maximum atomic E-state index is 13.0. The van der Waals surface area contributed by atoms with E-state index in [1.165, 1.54) is 24.3 Å². The largest absolute Gasteiger partial charge is 0.543 e. The summed E-state index contributed by atoms with van der Waals surface area (Å²) < 4.78 is 13.9. The molecule has 0 aliphatic heterocycles. The molecule has 0 aliphatic rings. The monoisotopic (exact) mass is 283 g/mol. The van der Waals surface area contributed by atoms with E-state index in [1.807, 2.05) is 0 Å². The molecular weight excluding hydrogens is 275 g/mol. The van der Waals surface area contributed by atoms with E-state index in [0.29, 0.717) is 0 Å². The van der Waals surface area contributed by atoms with Gasteiger partial charge in [0.25, 0.3) is 5.56 Å². The average Bonchev–Trinajstić information content (AvgIpc) is 2.49. The summed E-state index contributed by atoms with van der Waals surface area (Å²) in [7, 11) is 0. The molecule has 1 heterocycles. The summed E-state index contributed by atoms with van der Waals surface area (Å²) in [5, 5.41) is 15.4. The molecule has 0 atom stereocenters. The maximum absolute atomic E-state index is 13.0.